The number of carbonyl (C=O) groups is 4. The third-order valence-electron chi connectivity index (χ3n) is 3.58. The Morgan fingerprint density at radius 2 is 1.93 bits per heavy atom. The van der Waals surface area contributed by atoms with Gasteiger partial charge in [-0.25, -0.2) is 4.79 Å². The van der Waals surface area contributed by atoms with Crippen molar-refractivity contribution in [2.45, 2.75) is 6.92 Å². The summed E-state index contributed by atoms with van der Waals surface area (Å²) >= 11 is 6.90. The maximum Gasteiger partial charge on any atom is 0.343 e. The summed E-state index contributed by atoms with van der Waals surface area (Å²) in [4.78, 5) is 48.2. The number of amides is 2. The highest BCUT2D eigenvalue weighted by molar-refractivity contribution is 8.18. The number of imide groups is 1. The minimum Gasteiger partial charge on any atom is -0.493 e. The minimum absolute atomic E-state index is 0.112. The van der Waals surface area contributed by atoms with Crippen LogP contribution in [0, 0.1) is 0 Å². The van der Waals surface area contributed by atoms with Crippen molar-refractivity contribution in [1.82, 2.24) is 4.90 Å². The van der Waals surface area contributed by atoms with E-state index in [2.05, 4.69) is 4.74 Å². The zero-order chi connectivity index (χ0) is 21.6. The molecule has 0 bridgehead atoms. The zero-order valence-electron chi connectivity index (χ0n) is 15.9. The van der Waals surface area contributed by atoms with Gasteiger partial charge in [-0.05, 0) is 42.5 Å². The SMILES string of the molecule is CCOC(=O)CN1C(=O)SC(=Cc2cc(Cl)c(OCC(=O)OC)c(OC)c2)C1=O. The third kappa shape index (κ3) is 5.64. The number of carbonyl (C=O) groups excluding carboxylic acids is 4. The molecule has 1 heterocycles. The summed E-state index contributed by atoms with van der Waals surface area (Å²) in [5.41, 5.74) is 0.457. The average Bonchev–Trinajstić information content (AvgIpc) is 2.94. The lowest BCUT2D eigenvalue weighted by molar-refractivity contribution is -0.146. The fourth-order valence-corrected chi connectivity index (χ4v) is 3.39. The Balaban J connectivity index is 2.24. The second-order valence-corrected chi connectivity index (χ2v) is 6.87. The predicted molar refractivity (Wildman–Crippen MR) is 105 cm³/mol. The summed E-state index contributed by atoms with van der Waals surface area (Å²) in [5, 5.41) is -0.448. The second kappa shape index (κ2) is 10.2. The molecule has 0 aliphatic carbocycles. The summed E-state index contributed by atoms with van der Waals surface area (Å²) in [7, 11) is 2.61. The molecule has 29 heavy (non-hydrogen) atoms. The molecule has 9 nitrogen and oxygen atoms in total. The first-order valence-electron chi connectivity index (χ1n) is 8.28. The Hall–Kier alpha value is -2.72. The molecule has 1 saturated heterocycles. The first-order valence-corrected chi connectivity index (χ1v) is 9.48. The van der Waals surface area contributed by atoms with Gasteiger partial charge in [-0.2, -0.15) is 0 Å². The predicted octanol–water partition coefficient (Wildman–Crippen LogP) is 2.50. The van der Waals surface area contributed by atoms with E-state index in [-0.39, 0.29) is 34.6 Å². The zero-order valence-corrected chi connectivity index (χ0v) is 17.4. The Bertz CT molecular complexity index is 870. The second-order valence-electron chi connectivity index (χ2n) is 5.47. The lowest BCUT2D eigenvalue weighted by Gasteiger charge is -2.13. The number of hydrogen-bond donors (Lipinski definition) is 0. The van der Waals surface area contributed by atoms with Crippen molar-refractivity contribution in [2.24, 2.45) is 0 Å². The molecule has 0 atom stereocenters. The van der Waals surface area contributed by atoms with E-state index < -0.39 is 29.6 Å². The van der Waals surface area contributed by atoms with Crippen molar-refractivity contribution < 1.29 is 38.1 Å². The maximum absolute atomic E-state index is 12.4. The number of esters is 2. The molecule has 0 aromatic heterocycles. The van der Waals surface area contributed by atoms with Crippen molar-refractivity contribution in [3.63, 3.8) is 0 Å². The van der Waals surface area contributed by atoms with Crippen LogP contribution >= 0.6 is 23.4 Å². The van der Waals surface area contributed by atoms with Gasteiger partial charge in [0, 0.05) is 0 Å². The number of benzene rings is 1. The van der Waals surface area contributed by atoms with Gasteiger partial charge in [0.1, 0.15) is 6.54 Å². The van der Waals surface area contributed by atoms with Crippen LogP contribution in [0.1, 0.15) is 12.5 Å². The first-order chi connectivity index (χ1) is 13.8. The fourth-order valence-electron chi connectivity index (χ4n) is 2.28. The lowest BCUT2D eigenvalue weighted by Crippen LogP contribution is -2.34. The van der Waals surface area contributed by atoms with Crippen LogP contribution in [0.2, 0.25) is 5.02 Å². The molecule has 0 saturated carbocycles. The van der Waals surface area contributed by atoms with Crippen molar-refractivity contribution in [1.29, 1.82) is 0 Å². The Labute approximate surface area is 175 Å². The van der Waals surface area contributed by atoms with Crippen molar-refractivity contribution in [3.05, 3.63) is 27.6 Å². The number of nitrogens with zero attached hydrogens (tertiary/aromatic N) is 1. The van der Waals surface area contributed by atoms with E-state index in [1.807, 2.05) is 0 Å². The van der Waals surface area contributed by atoms with Gasteiger partial charge in [-0.15, -0.1) is 0 Å². The monoisotopic (exact) mass is 443 g/mol. The molecule has 2 amide bonds. The first kappa shape index (κ1) is 22.6. The van der Waals surface area contributed by atoms with Gasteiger partial charge in [0.2, 0.25) is 0 Å². The molecule has 1 aliphatic heterocycles. The van der Waals surface area contributed by atoms with Gasteiger partial charge in [0.15, 0.2) is 18.1 Å². The summed E-state index contributed by atoms with van der Waals surface area (Å²) in [6, 6.07) is 3.01. The van der Waals surface area contributed by atoms with Gasteiger partial charge in [0.25, 0.3) is 11.1 Å². The average molecular weight is 444 g/mol. The number of hydrogen-bond acceptors (Lipinski definition) is 9. The van der Waals surface area contributed by atoms with E-state index in [1.54, 1.807) is 6.92 Å². The van der Waals surface area contributed by atoms with Crippen LogP contribution in [0.15, 0.2) is 17.0 Å². The Morgan fingerprint density at radius 1 is 1.21 bits per heavy atom. The van der Waals surface area contributed by atoms with Gasteiger partial charge in [-0.1, -0.05) is 11.6 Å². The standard InChI is InChI=1S/C18H18ClNO8S/c1-4-27-14(21)8-20-17(23)13(29-18(20)24)7-10-5-11(19)16(12(6-10)25-2)28-9-15(22)26-3/h5-7H,4,8-9H2,1-3H3. The normalized spacial score (nSPS) is 14.9. The highest BCUT2D eigenvalue weighted by Gasteiger charge is 2.36. The van der Waals surface area contributed by atoms with Crippen LogP contribution < -0.4 is 9.47 Å². The third-order valence-corrected chi connectivity index (χ3v) is 4.77. The number of thioether (sulfide) groups is 1. The largest absolute Gasteiger partial charge is 0.493 e. The molecule has 1 aromatic rings. The molecule has 1 aromatic carbocycles. The van der Waals surface area contributed by atoms with Crippen LogP contribution in [-0.4, -0.2) is 62.0 Å². The molecule has 0 unspecified atom stereocenters. The molecule has 0 radical (unpaired) electrons. The van der Waals surface area contributed by atoms with Crippen molar-refractivity contribution in [2.75, 3.05) is 34.0 Å². The molecule has 0 spiro atoms. The van der Waals surface area contributed by atoms with Crippen LogP contribution in [0.25, 0.3) is 6.08 Å². The highest BCUT2D eigenvalue weighted by Crippen LogP contribution is 2.39. The summed E-state index contributed by atoms with van der Waals surface area (Å²) in [6.07, 6.45) is 1.44. The van der Waals surface area contributed by atoms with E-state index in [0.29, 0.717) is 17.3 Å². The number of ether oxygens (including phenoxy) is 4. The smallest absolute Gasteiger partial charge is 0.343 e. The van der Waals surface area contributed by atoms with Crippen LogP contribution in [-0.2, 0) is 23.9 Å². The lowest BCUT2D eigenvalue weighted by atomic mass is 10.1. The number of rotatable bonds is 8. The molecule has 1 aliphatic rings. The van der Waals surface area contributed by atoms with E-state index in [9.17, 15) is 19.2 Å². The van der Waals surface area contributed by atoms with Gasteiger partial charge in [0.05, 0.1) is 30.8 Å². The molecular formula is C18H18ClNO8S. The van der Waals surface area contributed by atoms with Crippen molar-refractivity contribution in [3.8, 4) is 11.5 Å². The van der Waals surface area contributed by atoms with E-state index in [0.717, 1.165) is 4.90 Å². The molecule has 0 N–H and O–H groups in total. The van der Waals surface area contributed by atoms with Crippen LogP contribution in [0.3, 0.4) is 0 Å². The van der Waals surface area contributed by atoms with E-state index in [1.165, 1.54) is 32.4 Å². The van der Waals surface area contributed by atoms with Gasteiger partial charge in [-0.3, -0.25) is 19.3 Å². The van der Waals surface area contributed by atoms with Crippen LogP contribution in [0.4, 0.5) is 4.79 Å². The summed E-state index contributed by atoms with van der Waals surface area (Å²) in [6.45, 7) is 0.952. The van der Waals surface area contributed by atoms with Crippen LogP contribution in [0.5, 0.6) is 11.5 Å². The quantitative estimate of drug-likeness (QED) is 0.442. The molecule has 1 fully saturated rings. The summed E-state index contributed by atoms with van der Waals surface area (Å²) < 4.78 is 19.8. The van der Waals surface area contributed by atoms with E-state index >= 15 is 0 Å². The highest BCUT2D eigenvalue weighted by atomic mass is 35.5. The van der Waals surface area contributed by atoms with E-state index in [4.69, 9.17) is 25.8 Å². The van der Waals surface area contributed by atoms with Crippen molar-refractivity contribution >= 4 is 52.5 Å². The van der Waals surface area contributed by atoms with Gasteiger partial charge >= 0.3 is 11.9 Å². The Morgan fingerprint density at radius 3 is 2.55 bits per heavy atom. The molecule has 156 valence electrons. The topological polar surface area (TPSA) is 108 Å². The fraction of sp³-hybridized carbons (Fsp3) is 0.333. The minimum atomic E-state index is -0.673. The Kier molecular flexibility index (Phi) is 7.91. The number of halogens is 1. The molecular weight excluding hydrogens is 426 g/mol. The molecule has 2 rings (SSSR count). The maximum atomic E-state index is 12.4. The number of methoxy groups -OCH3 is 2. The summed E-state index contributed by atoms with van der Waals surface area (Å²) in [5.74, 6) is -1.53. The molecule has 11 heteroatoms. The van der Waals surface area contributed by atoms with Gasteiger partial charge < -0.3 is 18.9 Å².